The number of nitrogens with zero attached hydrogens (tertiary/aromatic N) is 9. The third kappa shape index (κ3) is 1.77. The van der Waals surface area contributed by atoms with Crippen molar-refractivity contribution in [2.75, 3.05) is 0 Å². The van der Waals surface area contributed by atoms with E-state index >= 15 is 0 Å². The normalized spacial score (nSPS) is 11.6. The predicted octanol–water partition coefficient (Wildman–Crippen LogP) is -2.54. The Hall–Kier alpha value is -2.79. The molecule has 0 bridgehead atoms. The largest absolute Gasteiger partial charge is 0.339 e. The lowest BCUT2D eigenvalue weighted by Gasteiger charge is -1.87. The van der Waals surface area contributed by atoms with Crippen molar-refractivity contribution in [3.05, 3.63) is 22.1 Å². The van der Waals surface area contributed by atoms with E-state index in [2.05, 4.69) is 40.9 Å². The topological polar surface area (TPSA) is 154 Å². The minimum absolute atomic E-state index is 0.140. The van der Waals surface area contributed by atoms with Gasteiger partial charge >= 0.3 is 5.62 Å². The Kier molecular flexibility index (Phi) is 2.07. The summed E-state index contributed by atoms with van der Waals surface area (Å²) in [5, 5.41) is 31.8. The molecule has 1 N–H and O–H groups in total. The predicted molar refractivity (Wildman–Crippen MR) is 39.6 cm³/mol. The van der Waals surface area contributed by atoms with Gasteiger partial charge in [0.1, 0.15) is 0 Å². The van der Waals surface area contributed by atoms with Crippen LogP contribution in [0.3, 0.4) is 0 Å². The van der Waals surface area contributed by atoms with Crippen LogP contribution in [-0.4, -0.2) is 45.7 Å². The fourth-order valence-corrected chi connectivity index (χ4v) is 0.714. The van der Waals surface area contributed by atoms with Crippen LogP contribution in [0.4, 0.5) is 5.95 Å². The number of hydrogen-bond acceptors (Lipinski definition) is 9. The molecule has 0 spiro atoms. The maximum atomic E-state index is 10.4. The smallest absolute Gasteiger partial charge is 0.319 e. The number of nitrogens with one attached hydrogen (secondary N) is 1. The number of aromatic nitrogens is 8. The zero-order valence-corrected chi connectivity index (χ0v) is 6.92. The minimum Gasteiger partial charge on any atom is -0.339 e. The zero-order valence-electron chi connectivity index (χ0n) is 6.92. The molecule has 0 aliphatic heterocycles. The molecule has 0 saturated carbocycles. The Bertz CT molecular complexity index is 525. The van der Waals surface area contributed by atoms with E-state index in [0.717, 1.165) is 6.33 Å². The SMILES string of the molecule is O=[N+]([O-])n1nn[nH]/c1=N\c1nncnn1. The molecule has 0 radical (unpaired) electrons. The van der Waals surface area contributed by atoms with Gasteiger partial charge < -0.3 is 10.1 Å². The van der Waals surface area contributed by atoms with Crippen LogP contribution in [-0.2, 0) is 0 Å². The van der Waals surface area contributed by atoms with E-state index in [0.29, 0.717) is 4.79 Å². The second-order valence-corrected chi connectivity index (χ2v) is 2.11. The summed E-state index contributed by atoms with van der Waals surface area (Å²) >= 11 is 0. The van der Waals surface area contributed by atoms with Gasteiger partial charge in [-0.1, -0.05) is 0 Å². The molecule has 12 heteroatoms. The van der Waals surface area contributed by atoms with Crippen LogP contribution in [0.5, 0.6) is 0 Å². The number of nitro groups is 1. The monoisotopic (exact) mass is 210 g/mol. The fourth-order valence-electron chi connectivity index (χ4n) is 0.714. The summed E-state index contributed by atoms with van der Waals surface area (Å²) in [7, 11) is 0. The molecule has 2 rings (SSSR count). The van der Waals surface area contributed by atoms with Crippen LogP contribution >= 0.6 is 0 Å². The Morgan fingerprint density at radius 2 is 2.20 bits per heavy atom. The molecule has 0 aliphatic carbocycles. The van der Waals surface area contributed by atoms with Gasteiger partial charge in [-0.2, -0.15) is 10.1 Å². The molecule has 0 amide bonds. The van der Waals surface area contributed by atoms with Gasteiger partial charge in [-0.05, 0) is 0 Å². The zero-order chi connectivity index (χ0) is 10.7. The molecular weight excluding hydrogens is 208 g/mol. The van der Waals surface area contributed by atoms with Crippen molar-refractivity contribution in [2.24, 2.45) is 4.99 Å². The standard InChI is InChI=1S/C3H2N10O2/c14-13(15)12-3(9-10-11-12)6-2-7-4-1-5-8-2/h1H,(H,6,7,8,9,11). The molecular formula is C3H2N10O2. The van der Waals surface area contributed by atoms with Crippen molar-refractivity contribution in [1.82, 2.24) is 40.7 Å². The van der Waals surface area contributed by atoms with Crippen LogP contribution in [0.15, 0.2) is 11.3 Å². The van der Waals surface area contributed by atoms with E-state index in [4.69, 9.17) is 0 Å². The molecule has 0 aliphatic rings. The van der Waals surface area contributed by atoms with Gasteiger partial charge in [0.05, 0.1) is 15.0 Å². The summed E-state index contributed by atoms with van der Waals surface area (Å²) < 4.78 is 0. The van der Waals surface area contributed by atoms with Crippen LogP contribution in [0, 0.1) is 10.1 Å². The van der Waals surface area contributed by atoms with E-state index in [-0.39, 0.29) is 11.6 Å². The van der Waals surface area contributed by atoms with Crippen molar-refractivity contribution in [3.63, 3.8) is 0 Å². The molecule has 15 heavy (non-hydrogen) atoms. The molecule has 2 aromatic heterocycles. The van der Waals surface area contributed by atoms with Gasteiger partial charge in [0.25, 0.3) is 5.95 Å². The first kappa shape index (κ1) is 8.79. The van der Waals surface area contributed by atoms with Crippen molar-refractivity contribution >= 4 is 5.95 Å². The first-order chi connectivity index (χ1) is 7.27. The number of tetrazole rings is 1. The van der Waals surface area contributed by atoms with Crippen LogP contribution in [0.25, 0.3) is 0 Å². The molecule has 0 atom stereocenters. The summed E-state index contributed by atoms with van der Waals surface area (Å²) in [4.78, 5) is 14.3. The number of hydrogen-bond donors (Lipinski definition) is 1. The van der Waals surface area contributed by atoms with Crippen LogP contribution in [0.1, 0.15) is 0 Å². The Morgan fingerprint density at radius 3 is 2.87 bits per heavy atom. The lowest BCUT2D eigenvalue weighted by Crippen LogP contribution is -2.26. The van der Waals surface area contributed by atoms with Gasteiger partial charge in [0.2, 0.25) is 5.21 Å². The maximum Gasteiger partial charge on any atom is 0.319 e. The first-order valence-electron chi connectivity index (χ1n) is 3.47. The van der Waals surface area contributed by atoms with Crippen LogP contribution in [0.2, 0.25) is 0 Å². The lowest BCUT2D eigenvalue weighted by atomic mass is 11.0. The average molecular weight is 210 g/mol. The molecule has 2 heterocycles. The highest BCUT2D eigenvalue weighted by Gasteiger charge is 2.08. The maximum absolute atomic E-state index is 10.4. The second-order valence-electron chi connectivity index (χ2n) is 2.11. The Labute approximate surface area is 79.8 Å². The summed E-state index contributed by atoms with van der Waals surface area (Å²) in [5.74, 6) is -0.140. The first-order valence-corrected chi connectivity index (χ1v) is 3.47. The van der Waals surface area contributed by atoms with Crippen LogP contribution < -0.4 is 5.62 Å². The Morgan fingerprint density at radius 1 is 1.47 bits per heavy atom. The quantitative estimate of drug-likeness (QED) is 0.419. The summed E-state index contributed by atoms with van der Waals surface area (Å²) in [6.07, 6.45) is 1.10. The molecule has 12 nitrogen and oxygen atoms in total. The van der Waals surface area contributed by atoms with E-state index in [1.54, 1.807) is 0 Å². The minimum atomic E-state index is -0.813. The van der Waals surface area contributed by atoms with Crippen molar-refractivity contribution in [2.45, 2.75) is 0 Å². The number of rotatable bonds is 2. The molecule has 76 valence electrons. The average Bonchev–Trinajstić information content (AvgIpc) is 2.67. The summed E-state index contributed by atoms with van der Waals surface area (Å²) in [6, 6.07) is 0. The van der Waals surface area contributed by atoms with E-state index in [9.17, 15) is 10.1 Å². The van der Waals surface area contributed by atoms with Crippen molar-refractivity contribution in [1.29, 1.82) is 0 Å². The second kappa shape index (κ2) is 3.52. The summed E-state index contributed by atoms with van der Waals surface area (Å²) in [5.41, 5.74) is -0.241. The third-order valence-corrected chi connectivity index (χ3v) is 1.23. The highest BCUT2D eigenvalue weighted by molar-refractivity contribution is 5.05. The van der Waals surface area contributed by atoms with Crippen molar-refractivity contribution in [3.8, 4) is 0 Å². The highest BCUT2D eigenvalue weighted by Crippen LogP contribution is 1.91. The van der Waals surface area contributed by atoms with E-state index in [1.807, 2.05) is 0 Å². The molecule has 0 unspecified atom stereocenters. The van der Waals surface area contributed by atoms with Crippen molar-refractivity contribution < 1.29 is 5.03 Å². The number of H-pyrrole nitrogens is 1. The molecule has 0 saturated heterocycles. The van der Waals surface area contributed by atoms with E-state index in [1.165, 1.54) is 0 Å². The molecule has 0 aromatic carbocycles. The number of aromatic amines is 1. The third-order valence-electron chi connectivity index (χ3n) is 1.23. The van der Waals surface area contributed by atoms with Gasteiger partial charge in [0.15, 0.2) is 6.33 Å². The molecule has 2 aromatic rings. The van der Waals surface area contributed by atoms with E-state index < -0.39 is 5.03 Å². The summed E-state index contributed by atoms with van der Waals surface area (Å²) in [6.45, 7) is 0. The highest BCUT2D eigenvalue weighted by atomic mass is 16.7. The van der Waals surface area contributed by atoms with Gasteiger partial charge in [-0.3, -0.25) is 0 Å². The van der Waals surface area contributed by atoms with Gasteiger partial charge in [-0.15, -0.1) is 20.4 Å². The lowest BCUT2D eigenvalue weighted by molar-refractivity contribution is -0.556. The Balaban J connectivity index is 2.50. The van der Waals surface area contributed by atoms with Gasteiger partial charge in [0, 0.05) is 0 Å². The van der Waals surface area contributed by atoms with Gasteiger partial charge in [-0.25, -0.2) is 0 Å². The molecule has 0 fully saturated rings. The fraction of sp³-hybridized carbons (Fsp3) is 0.